The van der Waals surface area contributed by atoms with E-state index in [4.69, 9.17) is 5.73 Å². The van der Waals surface area contributed by atoms with Crippen molar-refractivity contribution < 1.29 is 57.4 Å². The Hall–Kier alpha value is 0.520. The second kappa shape index (κ2) is 17.3. The van der Waals surface area contributed by atoms with Gasteiger partial charge in [0.15, 0.2) is 0 Å². The van der Waals surface area contributed by atoms with Crippen LogP contribution in [0.1, 0.15) is 91.4 Å². The van der Waals surface area contributed by atoms with Crippen LogP contribution in [0.5, 0.6) is 0 Å². The zero-order valence-electron chi connectivity index (χ0n) is 21.3. The van der Waals surface area contributed by atoms with Crippen LogP contribution in [-0.4, -0.2) is 67.7 Å². The molecule has 0 aromatic carbocycles. The van der Waals surface area contributed by atoms with Gasteiger partial charge in [-0.3, -0.25) is 23.2 Å². The molecule has 0 aromatic heterocycles. The van der Waals surface area contributed by atoms with Crippen molar-refractivity contribution in [1.82, 2.24) is 4.90 Å². The van der Waals surface area contributed by atoms with E-state index >= 15 is 0 Å². The van der Waals surface area contributed by atoms with Gasteiger partial charge in [-0.1, -0.05) is 78.6 Å². The van der Waals surface area contributed by atoms with Crippen molar-refractivity contribution in [2.45, 2.75) is 102 Å². The van der Waals surface area contributed by atoms with E-state index < -0.39 is 53.9 Å². The van der Waals surface area contributed by atoms with Gasteiger partial charge in [-0.15, -0.1) is 0 Å². The van der Waals surface area contributed by atoms with Crippen molar-refractivity contribution in [3.63, 3.8) is 0 Å². The standard InChI is InChI=1S/C12H27N.C6H19NO12P4/c1-2-3-4-5-6-7-8-9-10-11-12-13;1-3-6(22(14,15)16,23(17,18)19)7(4-2)5(20(8,9)10)21(11,12)13/h2-13H2,1H3;5H,3-4H2,1-2H3,(H2,8,9,10)(H2,11,12,13)(H2,14,15,16)(H2,17,18,19). The summed E-state index contributed by atoms with van der Waals surface area (Å²) >= 11 is 0. The highest BCUT2D eigenvalue weighted by Crippen LogP contribution is 2.75. The van der Waals surface area contributed by atoms with Crippen LogP contribution in [0, 0.1) is 0 Å². The van der Waals surface area contributed by atoms with Crippen LogP contribution in [0.2, 0.25) is 0 Å². The number of hydrogen-bond donors (Lipinski definition) is 9. The summed E-state index contributed by atoms with van der Waals surface area (Å²) in [6.07, 6.45) is 12.9. The molecule has 0 aliphatic heterocycles. The highest BCUT2D eigenvalue weighted by Gasteiger charge is 2.68. The summed E-state index contributed by atoms with van der Waals surface area (Å²) in [6.45, 7) is 4.15. The highest BCUT2D eigenvalue weighted by molar-refractivity contribution is 7.73. The third-order valence-electron chi connectivity index (χ3n) is 5.65. The van der Waals surface area contributed by atoms with Crippen molar-refractivity contribution in [3.05, 3.63) is 0 Å². The Balaban J connectivity index is 0. The fraction of sp³-hybridized carbons (Fsp3) is 1.00. The molecule has 0 radical (unpaired) electrons. The molecule has 0 fully saturated rings. The molecule has 0 unspecified atom stereocenters. The summed E-state index contributed by atoms with van der Waals surface area (Å²) in [5.41, 5.74) is 2.30. The topological polar surface area (TPSA) is 259 Å². The number of rotatable bonds is 18. The van der Waals surface area contributed by atoms with Crippen LogP contribution in [0.25, 0.3) is 0 Å². The lowest BCUT2D eigenvalue weighted by atomic mass is 10.1. The minimum atomic E-state index is -5.82. The molecule has 0 rings (SSSR count). The summed E-state index contributed by atoms with van der Waals surface area (Å²) < 4.78 is 46.4. The molecule has 18 heteroatoms. The van der Waals surface area contributed by atoms with Gasteiger partial charge in [-0.05, 0) is 25.9 Å². The molecule has 0 aliphatic rings. The van der Waals surface area contributed by atoms with Crippen LogP contribution >= 0.6 is 30.4 Å². The van der Waals surface area contributed by atoms with Crippen molar-refractivity contribution in [3.8, 4) is 0 Å². The number of hydrogen-bond acceptors (Lipinski definition) is 6. The molecule has 220 valence electrons. The Labute approximate surface area is 213 Å². The van der Waals surface area contributed by atoms with Gasteiger partial charge in [0, 0.05) is 0 Å². The molecular weight excluding hydrogens is 560 g/mol. The van der Waals surface area contributed by atoms with Crippen molar-refractivity contribution >= 4 is 30.4 Å². The quantitative estimate of drug-likeness (QED) is 0.0802. The molecule has 0 aliphatic carbocycles. The fourth-order valence-corrected chi connectivity index (χ4v) is 10.7. The van der Waals surface area contributed by atoms with Crippen molar-refractivity contribution in [2.24, 2.45) is 5.73 Å². The van der Waals surface area contributed by atoms with Gasteiger partial charge in [-0.2, -0.15) is 0 Å². The maximum absolute atomic E-state index is 11.7. The second-order valence-corrected chi connectivity index (χ2v) is 16.2. The first-order chi connectivity index (χ1) is 16.3. The van der Waals surface area contributed by atoms with Gasteiger partial charge in [0.25, 0.3) is 0 Å². The number of nitrogens with two attached hydrogens (primary N) is 1. The summed E-state index contributed by atoms with van der Waals surface area (Å²) in [5, 5.41) is -3.50. The Morgan fingerprint density at radius 1 is 0.639 bits per heavy atom. The van der Waals surface area contributed by atoms with E-state index in [1.165, 1.54) is 64.2 Å². The molecule has 0 saturated heterocycles. The first-order valence-corrected chi connectivity index (χ1v) is 18.6. The lowest BCUT2D eigenvalue weighted by Gasteiger charge is -2.45. The zero-order chi connectivity index (χ0) is 28.8. The SMILES string of the molecule is CCCCCCCCCCCCN.CCN(C(P(=O)(O)O)P(=O)(O)O)C(CC)(P(=O)(O)O)P(=O)(O)O. The van der Waals surface area contributed by atoms with Gasteiger partial charge >= 0.3 is 30.4 Å². The van der Waals surface area contributed by atoms with E-state index in [9.17, 15) is 57.4 Å². The Morgan fingerprint density at radius 3 is 1.19 bits per heavy atom. The minimum absolute atomic E-state index is 0.184. The molecule has 0 amide bonds. The average molecular weight is 606 g/mol. The van der Waals surface area contributed by atoms with Gasteiger partial charge in [0.1, 0.15) is 0 Å². The second-order valence-electron chi connectivity index (χ2n) is 8.50. The van der Waals surface area contributed by atoms with Crippen LogP contribution in [0.15, 0.2) is 0 Å². The number of nitrogens with zero attached hydrogens (tertiary/aromatic N) is 1. The molecule has 0 saturated carbocycles. The van der Waals surface area contributed by atoms with Crippen LogP contribution < -0.4 is 5.73 Å². The Morgan fingerprint density at radius 2 is 0.972 bits per heavy atom. The smallest absolute Gasteiger partial charge is 0.330 e. The first kappa shape index (κ1) is 38.7. The van der Waals surface area contributed by atoms with Gasteiger partial charge < -0.3 is 44.9 Å². The predicted octanol–water partition coefficient (Wildman–Crippen LogP) is 3.23. The van der Waals surface area contributed by atoms with E-state index in [0.29, 0.717) is 0 Å². The summed E-state index contributed by atoms with van der Waals surface area (Å²) in [7, 11) is -23.1. The molecule has 36 heavy (non-hydrogen) atoms. The molecule has 10 N–H and O–H groups in total. The first-order valence-electron chi connectivity index (χ1n) is 12.0. The van der Waals surface area contributed by atoms with Gasteiger partial charge in [0.2, 0.25) is 10.5 Å². The average Bonchev–Trinajstić information content (AvgIpc) is 2.69. The maximum Gasteiger partial charge on any atom is 0.358 e. The van der Waals surface area contributed by atoms with Gasteiger partial charge in [0.05, 0.1) is 0 Å². The summed E-state index contributed by atoms with van der Waals surface area (Å²) in [4.78, 5) is 74.2. The Kier molecular flexibility index (Phi) is 18.5. The van der Waals surface area contributed by atoms with Crippen molar-refractivity contribution in [1.29, 1.82) is 0 Å². The van der Waals surface area contributed by atoms with Crippen LogP contribution in [-0.2, 0) is 18.3 Å². The Bertz CT molecular complexity index is 737. The maximum atomic E-state index is 11.7. The highest BCUT2D eigenvalue weighted by atomic mass is 31.2. The molecule has 0 heterocycles. The van der Waals surface area contributed by atoms with Crippen LogP contribution in [0.4, 0.5) is 0 Å². The van der Waals surface area contributed by atoms with E-state index in [1.54, 1.807) is 0 Å². The number of unbranched alkanes of at least 4 members (excludes halogenated alkanes) is 9. The third-order valence-corrected chi connectivity index (χ3v) is 13.8. The van der Waals surface area contributed by atoms with E-state index in [-0.39, 0.29) is 4.90 Å². The summed E-state index contributed by atoms with van der Waals surface area (Å²) in [5.74, 6) is 0. The fourth-order valence-electron chi connectivity index (χ4n) is 3.91. The largest absolute Gasteiger partial charge is 0.358 e. The van der Waals surface area contributed by atoms with E-state index in [2.05, 4.69) is 6.92 Å². The molecular formula is C18H46N2O12P4. The molecule has 0 aromatic rings. The van der Waals surface area contributed by atoms with E-state index in [1.807, 2.05) is 0 Å². The molecule has 0 spiro atoms. The van der Waals surface area contributed by atoms with Crippen LogP contribution in [0.3, 0.4) is 0 Å². The van der Waals surface area contributed by atoms with Gasteiger partial charge in [-0.25, -0.2) is 0 Å². The lowest BCUT2D eigenvalue weighted by molar-refractivity contribution is 0.144. The van der Waals surface area contributed by atoms with E-state index in [0.717, 1.165) is 20.4 Å². The predicted molar refractivity (Wildman–Crippen MR) is 138 cm³/mol. The zero-order valence-corrected chi connectivity index (χ0v) is 24.9. The minimum Gasteiger partial charge on any atom is -0.330 e. The lowest BCUT2D eigenvalue weighted by Crippen LogP contribution is -2.52. The third kappa shape index (κ3) is 12.6. The summed E-state index contributed by atoms with van der Waals surface area (Å²) in [6, 6.07) is 0. The molecule has 0 atom stereocenters. The molecule has 0 bridgehead atoms. The normalized spacial score (nSPS) is 13.7. The van der Waals surface area contributed by atoms with Crippen molar-refractivity contribution in [2.75, 3.05) is 13.1 Å². The molecule has 14 nitrogen and oxygen atoms in total. The monoisotopic (exact) mass is 606 g/mol.